The molecule has 2 aliphatic rings. The molecule has 0 bridgehead atoms. The van der Waals surface area contributed by atoms with Crippen LogP contribution in [0.4, 0.5) is 0 Å². The summed E-state index contributed by atoms with van der Waals surface area (Å²) in [5.74, 6) is -0.925. The van der Waals surface area contributed by atoms with E-state index in [1.54, 1.807) is 48.5 Å². The van der Waals surface area contributed by atoms with Gasteiger partial charge in [-0.3, -0.25) is 19.3 Å². The van der Waals surface area contributed by atoms with Crippen LogP contribution in [0.1, 0.15) is 31.8 Å². The van der Waals surface area contributed by atoms with Crippen molar-refractivity contribution in [2.45, 2.75) is 5.41 Å². The summed E-state index contributed by atoms with van der Waals surface area (Å²) in [6.07, 6.45) is 2.98. The highest BCUT2D eigenvalue weighted by molar-refractivity contribution is 6.31. The number of benzene rings is 2. The maximum atomic E-state index is 13.2. The number of nitrogens with zero attached hydrogens (tertiary/aromatic N) is 1. The van der Waals surface area contributed by atoms with Gasteiger partial charge in [0.05, 0.1) is 0 Å². The molecule has 0 aromatic heterocycles. The van der Waals surface area contributed by atoms with Gasteiger partial charge < -0.3 is 0 Å². The zero-order valence-corrected chi connectivity index (χ0v) is 13.5. The van der Waals surface area contributed by atoms with Gasteiger partial charge in [0.15, 0.2) is 5.78 Å². The summed E-state index contributed by atoms with van der Waals surface area (Å²) in [5.41, 5.74) is 0.745. The summed E-state index contributed by atoms with van der Waals surface area (Å²) in [6, 6.07) is 11.9. The number of fused-ring (bicyclic) bond motifs is 4. The van der Waals surface area contributed by atoms with Crippen LogP contribution in [0.2, 0.25) is 5.02 Å². The van der Waals surface area contributed by atoms with E-state index in [-0.39, 0.29) is 11.7 Å². The lowest BCUT2D eigenvalue weighted by molar-refractivity contribution is -0.131. The van der Waals surface area contributed by atoms with Gasteiger partial charge in [-0.1, -0.05) is 35.9 Å². The van der Waals surface area contributed by atoms with Crippen LogP contribution in [-0.2, 0) is 10.2 Å². The van der Waals surface area contributed by atoms with Gasteiger partial charge in [0, 0.05) is 23.2 Å². The lowest BCUT2D eigenvalue weighted by Gasteiger charge is -2.41. The van der Waals surface area contributed by atoms with Crippen LogP contribution in [0.25, 0.3) is 0 Å². The maximum absolute atomic E-state index is 13.2. The molecule has 0 radical (unpaired) electrons. The van der Waals surface area contributed by atoms with E-state index in [1.165, 1.54) is 13.1 Å². The molecule has 1 aliphatic carbocycles. The lowest BCUT2D eigenvalue weighted by Crippen LogP contribution is -2.53. The molecule has 4 nitrogen and oxygen atoms in total. The third-order valence-electron chi connectivity index (χ3n) is 4.69. The Kier molecular flexibility index (Phi) is 3.02. The van der Waals surface area contributed by atoms with E-state index < -0.39 is 11.3 Å². The second-order valence-electron chi connectivity index (χ2n) is 5.91. The first kappa shape index (κ1) is 14.8. The quantitative estimate of drug-likeness (QED) is 0.694. The molecule has 1 aliphatic heterocycles. The predicted molar refractivity (Wildman–Crippen MR) is 89.2 cm³/mol. The fourth-order valence-corrected chi connectivity index (χ4v) is 3.70. The third kappa shape index (κ3) is 1.72. The number of hydrogen-bond donors (Lipinski definition) is 0. The molecule has 2 amide bonds. The Morgan fingerprint density at radius 1 is 0.958 bits per heavy atom. The normalized spacial score (nSPS) is 21.9. The van der Waals surface area contributed by atoms with Crippen LogP contribution >= 0.6 is 11.6 Å². The lowest BCUT2D eigenvalue weighted by atomic mass is 9.65. The van der Waals surface area contributed by atoms with E-state index in [9.17, 15) is 14.4 Å². The summed E-state index contributed by atoms with van der Waals surface area (Å²) in [5, 5.41) is 0.432. The first-order valence-electron chi connectivity index (χ1n) is 7.42. The second kappa shape index (κ2) is 4.89. The summed E-state index contributed by atoms with van der Waals surface area (Å²) >= 11 is 6.14. The molecule has 0 N–H and O–H groups in total. The Bertz CT molecular complexity index is 963. The van der Waals surface area contributed by atoms with Crippen LogP contribution in [0.5, 0.6) is 0 Å². The highest BCUT2D eigenvalue weighted by atomic mass is 35.5. The molecule has 1 unspecified atom stereocenters. The van der Waals surface area contributed by atoms with Gasteiger partial charge in [-0.2, -0.15) is 0 Å². The van der Waals surface area contributed by atoms with Crippen molar-refractivity contribution in [2.24, 2.45) is 0 Å². The number of carbonyl (C=O) groups excluding carboxylic acids is 3. The smallest absolute Gasteiger partial charge is 0.260 e. The van der Waals surface area contributed by atoms with Crippen molar-refractivity contribution in [1.29, 1.82) is 0 Å². The SMILES string of the molecule is CN1C(=O)c2ccccc2C2(C=CC(=O)c3ccc(Cl)cc32)C1=O. The molecule has 1 spiro atoms. The van der Waals surface area contributed by atoms with E-state index in [2.05, 4.69) is 0 Å². The van der Waals surface area contributed by atoms with Crippen molar-refractivity contribution in [3.8, 4) is 0 Å². The molecule has 2 aromatic carbocycles. The fourth-order valence-electron chi connectivity index (χ4n) is 3.53. The molecule has 4 rings (SSSR count). The van der Waals surface area contributed by atoms with Gasteiger partial charge in [-0.15, -0.1) is 0 Å². The summed E-state index contributed by atoms with van der Waals surface area (Å²) in [6.45, 7) is 0. The van der Waals surface area contributed by atoms with Gasteiger partial charge in [-0.05, 0) is 41.5 Å². The number of halogens is 1. The zero-order valence-electron chi connectivity index (χ0n) is 12.7. The molecule has 1 heterocycles. The minimum atomic E-state index is -1.21. The fraction of sp³-hybridized carbons (Fsp3) is 0.105. The third-order valence-corrected chi connectivity index (χ3v) is 4.92. The molecular weight excluding hydrogens is 326 g/mol. The number of allylic oxidation sites excluding steroid dienone is 1. The van der Waals surface area contributed by atoms with Crippen LogP contribution < -0.4 is 0 Å². The van der Waals surface area contributed by atoms with Crippen LogP contribution in [0, 0.1) is 0 Å². The highest BCUT2D eigenvalue weighted by Crippen LogP contribution is 2.45. The Morgan fingerprint density at radius 3 is 2.50 bits per heavy atom. The van der Waals surface area contributed by atoms with Crippen molar-refractivity contribution in [2.75, 3.05) is 7.05 Å². The largest absolute Gasteiger partial charge is 0.289 e. The zero-order chi connectivity index (χ0) is 17.1. The van der Waals surface area contributed by atoms with Crippen molar-refractivity contribution < 1.29 is 14.4 Å². The number of likely N-dealkylation sites (N-methyl/N-ethyl adjacent to an activating group) is 1. The second-order valence-corrected chi connectivity index (χ2v) is 6.35. The standard InChI is InChI=1S/C19H12ClNO3/c1-21-17(23)13-4-2-3-5-14(13)19(18(21)24)9-8-16(22)12-7-6-11(20)10-15(12)19/h2-10H,1H3. The van der Waals surface area contributed by atoms with Crippen LogP contribution in [0.15, 0.2) is 54.6 Å². The van der Waals surface area contributed by atoms with E-state index in [1.807, 2.05) is 0 Å². The molecule has 0 fully saturated rings. The Hall–Kier alpha value is -2.72. The van der Waals surface area contributed by atoms with Gasteiger partial charge >= 0.3 is 0 Å². The predicted octanol–water partition coefficient (Wildman–Crippen LogP) is 2.99. The number of ketones is 1. The number of hydrogen-bond acceptors (Lipinski definition) is 3. The van der Waals surface area contributed by atoms with Crippen molar-refractivity contribution >= 4 is 29.2 Å². The maximum Gasteiger partial charge on any atom is 0.260 e. The molecular formula is C19H12ClNO3. The molecule has 2 aromatic rings. The highest BCUT2D eigenvalue weighted by Gasteiger charge is 2.51. The van der Waals surface area contributed by atoms with Gasteiger partial charge in [-0.25, -0.2) is 0 Å². The van der Waals surface area contributed by atoms with Crippen molar-refractivity contribution in [3.63, 3.8) is 0 Å². The topological polar surface area (TPSA) is 54.5 Å². The van der Waals surface area contributed by atoms with Crippen molar-refractivity contribution in [3.05, 3.63) is 81.9 Å². The number of imide groups is 1. The summed E-state index contributed by atoms with van der Waals surface area (Å²) in [4.78, 5) is 39.0. The molecule has 0 saturated heterocycles. The van der Waals surface area contributed by atoms with Gasteiger partial charge in [0.25, 0.3) is 5.91 Å². The Labute approximate surface area is 143 Å². The minimum absolute atomic E-state index is 0.183. The first-order chi connectivity index (χ1) is 11.5. The molecule has 24 heavy (non-hydrogen) atoms. The monoisotopic (exact) mass is 337 g/mol. The first-order valence-corrected chi connectivity index (χ1v) is 7.80. The number of amides is 2. The summed E-state index contributed by atoms with van der Waals surface area (Å²) < 4.78 is 0. The average Bonchev–Trinajstić information content (AvgIpc) is 2.60. The molecule has 5 heteroatoms. The van der Waals surface area contributed by atoms with E-state index in [4.69, 9.17) is 11.6 Å². The minimum Gasteiger partial charge on any atom is -0.289 e. The van der Waals surface area contributed by atoms with Crippen LogP contribution in [-0.4, -0.2) is 29.5 Å². The van der Waals surface area contributed by atoms with E-state index in [0.717, 1.165) is 4.90 Å². The van der Waals surface area contributed by atoms with Crippen LogP contribution in [0.3, 0.4) is 0 Å². The van der Waals surface area contributed by atoms with Crippen molar-refractivity contribution in [1.82, 2.24) is 4.90 Å². The van der Waals surface area contributed by atoms with Gasteiger partial charge in [0.1, 0.15) is 5.41 Å². The average molecular weight is 338 g/mol. The van der Waals surface area contributed by atoms with E-state index >= 15 is 0 Å². The molecule has 0 saturated carbocycles. The molecule has 1 atom stereocenters. The van der Waals surface area contributed by atoms with Gasteiger partial charge in [0.2, 0.25) is 5.91 Å². The Morgan fingerprint density at radius 2 is 1.71 bits per heavy atom. The Balaban J connectivity index is 2.15. The van der Waals surface area contributed by atoms with E-state index in [0.29, 0.717) is 27.3 Å². The number of rotatable bonds is 0. The number of carbonyl (C=O) groups is 3. The summed E-state index contributed by atoms with van der Waals surface area (Å²) in [7, 11) is 1.46. The molecule has 118 valence electrons.